The summed E-state index contributed by atoms with van der Waals surface area (Å²) in [5.74, 6) is -0.807. The molecule has 0 rings (SSSR count). The average Bonchev–Trinajstić information content (AvgIpc) is 2.74. The number of likely N-dealkylation sites (N-methyl/N-ethyl adjacent to an activating group) is 1. The molecule has 2 atom stereocenters. The highest BCUT2D eigenvalue weighted by atomic mass is 31.2. The van der Waals surface area contributed by atoms with Crippen molar-refractivity contribution in [2.75, 3.05) is 47.5 Å². The van der Waals surface area contributed by atoms with Crippen LogP contribution in [0.15, 0.2) is 146 Å². The molecule has 550 valence electrons. The zero-order valence-electron chi connectivity index (χ0n) is 62.8. The summed E-state index contributed by atoms with van der Waals surface area (Å²) in [6.07, 6.45) is 111. The molecule has 9 nitrogen and oxygen atoms in total. The van der Waals surface area contributed by atoms with E-state index in [0.717, 1.165) is 116 Å². The predicted octanol–water partition coefficient (Wildman–Crippen LogP) is 26.5. The number of carbonyl (C=O) groups is 2. The standard InChI is InChI=1S/C86H148NO8P/c1-6-8-10-12-14-16-18-20-22-24-26-28-30-32-34-36-38-40-42-43-45-46-48-50-52-54-56-58-60-62-64-66-68-70-72-74-76-78-85(88)92-82-84(83-94-96(90,91)93-81-80-87(3,4)5)95-86(89)79-77-75-73-71-69-67-65-63-61-59-57-55-53-51-49-47-44-41-39-37-35-33-31-29-27-25-23-21-19-17-15-13-11-9-7-2/h9,11,15,17-18,20-21,23-24,26-27,29-30,32-33,35,39,41,47,49,53,55,59,61,84H,6-8,10,12-14,16,19,22,25,28,31,34,36-38,40,42-46,48,50-52,54,56-58,60,62-83H2,1-5H3/p+1/b11-9-,17-15-,20-18-,23-21-,26-24-,29-27-,32-30-,35-33-,41-39-,49-47-,55-53-,61-59-. The maximum atomic E-state index is 12.9. The Bertz CT molecular complexity index is 2140. The van der Waals surface area contributed by atoms with E-state index in [4.69, 9.17) is 18.5 Å². The number of allylic oxidation sites excluding steroid dienone is 24. The largest absolute Gasteiger partial charge is 0.472 e. The van der Waals surface area contributed by atoms with E-state index in [2.05, 4.69) is 160 Å². The van der Waals surface area contributed by atoms with Crippen molar-refractivity contribution >= 4 is 19.8 Å². The van der Waals surface area contributed by atoms with E-state index in [1.54, 1.807) is 0 Å². The molecule has 0 amide bonds. The second-order valence-electron chi connectivity index (χ2n) is 27.4. The van der Waals surface area contributed by atoms with Crippen molar-refractivity contribution in [3.8, 4) is 0 Å². The number of hydrogen-bond donors (Lipinski definition) is 1. The van der Waals surface area contributed by atoms with Crippen LogP contribution in [-0.4, -0.2) is 74.9 Å². The highest BCUT2D eigenvalue weighted by molar-refractivity contribution is 7.47. The van der Waals surface area contributed by atoms with Crippen LogP contribution in [0.4, 0.5) is 0 Å². The number of rotatable bonds is 72. The van der Waals surface area contributed by atoms with Crippen molar-refractivity contribution in [2.24, 2.45) is 0 Å². The topological polar surface area (TPSA) is 108 Å². The van der Waals surface area contributed by atoms with Crippen LogP contribution >= 0.6 is 7.82 Å². The Hall–Kier alpha value is -4.11. The van der Waals surface area contributed by atoms with Crippen LogP contribution in [-0.2, 0) is 32.7 Å². The number of phosphoric acid groups is 1. The minimum absolute atomic E-state index is 0.0238. The molecule has 0 saturated carbocycles. The summed E-state index contributed by atoms with van der Waals surface area (Å²) in [6, 6.07) is 0. The highest BCUT2D eigenvalue weighted by Gasteiger charge is 2.27. The monoisotopic (exact) mass is 1360 g/mol. The van der Waals surface area contributed by atoms with Gasteiger partial charge in [-0.05, 0) is 122 Å². The summed E-state index contributed by atoms with van der Waals surface area (Å²) in [4.78, 5) is 36.0. The van der Waals surface area contributed by atoms with Gasteiger partial charge in [0.05, 0.1) is 27.7 Å². The van der Waals surface area contributed by atoms with Crippen LogP contribution in [0.3, 0.4) is 0 Å². The first kappa shape index (κ1) is 91.9. The van der Waals surface area contributed by atoms with E-state index in [1.165, 1.54) is 186 Å². The van der Waals surface area contributed by atoms with Gasteiger partial charge in [-0.25, -0.2) is 4.57 Å². The molecule has 96 heavy (non-hydrogen) atoms. The number of hydrogen-bond acceptors (Lipinski definition) is 7. The quantitative estimate of drug-likeness (QED) is 0.0211. The molecule has 0 aromatic rings. The Kier molecular flexibility index (Phi) is 71.9. The molecule has 0 aliphatic heterocycles. The van der Waals surface area contributed by atoms with Gasteiger partial charge in [0.25, 0.3) is 0 Å². The molecular weight excluding hydrogens is 1210 g/mol. The summed E-state index contributed by atoms with van der Waals surface area (Å²) < 4.78 is 34.8. The molecule has 1 N–H and O–H groups in total. The molecule has 0 saturated heterocycles. The molecule has 0 radical (unpaired) electrons. The van der Waals surface area contributed by atoms with Crippen molar-refractivity contribution in [1.82, 2.24) is 0 Å². The molecule has 0 aromatic carbocycles. The van der Waals surface area contributed by atoms with Crippen LogP contribution < -0.4 is 0 Å². The molecule has 0 heterocycles. The van der Waals surface area contributed by atoms with Crippen LogP contribution in [0.2, 0.25) is 0 Å². The fourth-order valence-electron chi connectivity index (χ4n) is 10.8. The first-order valence-corrected chi connectivity index (χ1v) is 41.1. The predicted molar refractivity (Wildman–Crippen MR) is 417 cm³/mol. The van der Waals surface area contributed by atoms with Crippen LogP contribution in [0.5, 0.6) is 0 Å². The van der Waals surface area contributed by atoms with E-state index in [9.17, 15) is 19.0 Å². The van der Waals surface area contributed by atoms with Gasteiger partial charge in [-0.1, -0.05) is 346 Å². The number of nitrogens with zero attached hydrogens (tertiary/aromatic N) is 1. The third-order valence-corrected chi connectivity index (χ3v) is 17.8. The van der Waals surface area contributed by atoms with Gasteiger partial charge < -0.3 is 18.9 Å². The lowest BCUT2D eigenvalue weighted by Gasteiger charge is -2.24. The number of quaternary nitrogens is 1. The average molecular weight is 1360 g/mol. The van der Waals surface area contributed by atoms with Crippen molar-refractivity contribution < 1.29 is 42.1 Å². The van der Waals surface area contributed by atoms with E-state index in [-0.39, 0.29) is 32.0 Å². The van der Waals surface area contributed by atoms with Gasteiger partial charge in [0.2, 0.25) is 0 Å². The van der Waals surface area contributed by atoms with Gasteiger partial charge in [0.1, 0.15) is 19.8 Å². The maximum absolute atomic E-state index is 12.9. The summed E-state index contributed by atoms with van der Waals surface area (Å²) in [6.45, 7) is 4.31. The number of ether oxygens (including phenoxy) is 2. The molecule has 2 unspecified atom stereocenters. The zero-order valence-corrected chi connectivity index (χ0v) is 63.7. The second kappa shape index (κ2) is 75.1. The smallest absolute Gasteiger partial charge is 0.462 e. The normalized spacial score (nSPS) is 13.9. The lowest BCUT2D eigenvalue weighted by molar-refractivity contribution is -0.870. The Morgan fingerprint density at radius 3 is 0.885 bits per heavy atom. The molecule has 0 aromatic heterocycles. The Morgan fingerprint density at radius 1 is 0.333 bits per heavy atom. The maximum Gasteiger partial charge on any atom is 0.472 e. The fraction of sp³-hybridized carbons (Fsp3) is 0.698. The van der Waals surface area contributed by atoms with Crippen LogP contribution in [0.25, 0.3) is 0 Å². The van der Waals surface area contributed by atoms with Gasteiger partial charge in [-0.2, -0.15) is 0 Å². The first-order valence-electron chi connectivity index (χ1n) is 39.6. The lowest BCUT2D eigenvalue weighted by Crippen LogP contribution is -2.37. The van der Waals surface area contributed by atoms with Gasteiger partial charge in [-0.3, -0.25) is 18.6 Å². The minimum Gasteiger partial charge on any atom is -0.462 e. The third-order valence-electron chi connectivity index (χ3n) is 16.9. The molecule has 0 aliphatic carbocycles. The Morgan fingerprint density at radius 2 is 0.594 bits per heavy atom. The molecule has 0 fully saturated rings. The molecule has 0 aliphatic rings. The molecule has 10 heteroatoms. The van der Waals surface area contributed by atoms with Crippen LogP contribution in [0.1, 0.15) is 335 Å². The number of esters is 2. The fourth-order valence-corrected chi connectivity index (χ4v) is 11.6. The number of phosphoric ester groups is 1. The van der Waals surface area contributed by atoms with Crippen LogP contribution in [0, 0.1) is 0 Å². The molecule has 0 bridgehead atoms. The summed E-state index contributed by atoms with van der Waals surface area (Å²) >= 11 is 0. The zero-order chi connectivity index (χ0) is 69.7. The van der Waals surface area contributed by atoms with Crippen molar-refractivity contribution in [3.05, 3.63) is 146 Å². The van der Waals surface area contributed by atoms with Gasteiger partial charge in [-0.15, -0.1) is 0 Å². The highest BCUT2D eigenvalue weighted by Crippen LogP contribution is 2.43. The van der Waals surface area contributed by atoms with Gasteiger partial charge in [0.15, 0.2) is 6.10 Å². The molecule has 0 spiro atoms. The van der Waals surface area contributed by atoms with E-state index in [0.29, 0.717) is 17.4 Å². The third kappa shape index (κ3) is 78.9. The number of carbonyl (C=O) groups excluding carboxylic acids is 2. The summed E-state index contributed by atoms with van der Waals surface area (Å²) in [5, 5.41) is 0. The summed E-state index contributed by atoms with van der Waals surface area (Å²) in [5.41, 5.74) is 0. The van der Waals surface area contributed by atoms with Crippen molar-refractivity contribution in [3.63, 3.8) is 0 Å². The van der Waals surface area contributed by atoms with Crippen molar-refractivity contribution in [1.29, 1.82) is 0 Å². The minimum atomic E-state index is -4.41. The van der Waals surface area contributed by atoms with Gasteiger partial charge >= 0.3 is 19.8 Å². The summed E-state index contributed by atoms with van der Waals surface area (Å²) in [7, 11) is 1.46. The Balaban J connectivity index is 4.03. The number of unbranched alkanes of at least 4 members (excludes halogenated alkanes) is 34. The second-order valence-corrected chi connectivity index (χ2v) is 28.8. The van der Waals surface area contributed by atoms with E-state index < -0.39 is 26.5 Å². The van der Waals surface area contributed by atoms with Crippen molar-refractivity contribution in [2.45, 2.75) is 341 Å². The van der Waals surface area contributed by atoms with E-state index in [1.807, 2.05) is 21.1 Å². The SMILES string of the molecule is CC/C=C\C/C=C\C/C=C\C/C=C\C/C=C\C/C=C\C/C=C\C/C=C\C/C=C\CCCCCCCCCC(=O)OC(COC(=O)CCCCCCCCCCCCCCCCCCCCCCCC/C=C\C/C=C\C/C=C\CCCCCCC)COP(=O)(O)OCC[N+](C)(C)C. The lowest BCUT2D eigenvalue weighted by atomic mass is 10.0. The van der Waals surface area contributed by atoms with Gasteiger partial charge in [0, 0.05) is 12.8 Å². The first-order chi connectivity index (χ1) is 47.0. The molecular formula is C86H149NO8P+. The Labute approximate surface area is 593 Å². The van der Waals surface area contributed by atoms with E-state index >= 15 is 0 Å².